The van der Waals surface area contributed by atoms with Crippen molar-refractivity contribution in [3.8, 4) is 0 Å². The summed E-state index contributed by atoms with van der Waals surface area (Å²) in [4.78, 5) is 117. The molecule has 25 atom stereocenters. The molecule has 3 spiro atoms. The molecule has 0 aromatic heterocycles. The van der Waals surface area contributed by atoms with Crippen LogP contribution in [0.25, 0.3) is 0 Å². The Kier molecular flexibility index (Phi) is 16.6. The molecule has 1 unspecified atom stereocenters. The second-order valence-electron chi connectivity index (χ2n) is 27.4. The molecule has 12 saturated heterocycles. The summed E-state index contributed by atoms with van der Waals surface area (Å²) in [6.45, 7) is 17.0. The molecule has 3 saturated carbocycles. The minimum absolute atomic E-state index is 0.0819. The van der Waals surface area contributed by atoms with Gasteiger partial charge in [-0.25, -0.2) is 29.3 Å². The molecule has 0 aromatic rings. The van der Waals surface area contributed by atoms with Crippen LogP contribution in [0.2, 0.25) is 0 Å². The first-order valence-electron chi connectivity index (χ1n) is 31.3. The van der Waals surface area contributed by atoms with Gasteiger partial charge in [0.2, 0.25) is 42.1 Å². The Morgan fingerprint density at radius 3 is 1.15 bits per heavy atom. The topological polar surface area (TPSA) is 271 Å². The van der Waals surface area contributed by atoms with Gasteiger partial charge in [-0.2, -0.15) is 0 Å². The van der Waals surface area contributed by atoms with Gasteiger partial charge in [-0.3, -0.25) is 28.8 Å². The van der Waals surface area contributed by atoms with Crippen LogP contribution >= 0.6 is 0 Å². The number of carbonyl (C=O) groups excluding carboxylic acids is 6. The largest absolute Gasteiger partial charge is 0.462 e. The summed E-state index contributed by atoms with van der Waals surface area (Å²) in [7, 11) is 0. The Labute approximate surface area is 489 Å². The number of fused-ring (bicyclic) bond motifs is 6. The first-order valence-corrected chi connectivity index (χ1v) is 31.3. The Morgan fingerprint density at radius 1 is 0.429 bits per heavy atom. The van der Waals surface area contributed by atoms with Crippen molar-refractivity contribution < 1.29 is 110 Å². The van der Waals surface area contributed by atoms with Crippen LogP contribution in [0.15, 0.2) is 0 Å². The highest BCUT2D eigenvalue weighted by Crippen LogP contribution is 2.64. The van der Waals surface area contributed by atoms with Crippen LogP contribution in [0.5, 0.6) is 0 Å². The van der Waals surface area contributed by atoms with E-state index in [1.54, 1.807) is 6.92 Å². The fraction of sp³-hybridized carbons (Fsp3) is 0.900. The lowest BCUT2D eigenvalue weighted by molar-refractivity contribution is -0.576. The number of amides is 1. The maximum absolute atomic E-state index is 13.5. The number of hydrogen-bond acceptors (Lipinski definition) is 23. The quantitative estimate of drug-likeness (QED) is 0.0860. The van der Waals surface area contributed by atoms with Crippen LogP contribution < -0.4 is 5.32 Å². The minimum Gasteiger partial charge on any atom is -0.462 e. The Morgan fingerprint density at radius 2 is 0.774 bits per heavy atom. The number of nitrogens with one attached hydrogen (secondary N) is 1. The Bertz CT molecular complexity index is 2410. The van der Waals surface area contributed by atoms with Crippen molar-refractivity contribution in [1.82, 2.24) is 5.32 Å². The van der Waals surface area contributed by atoms with E-state index in [1.807, 2.05) is 34.6 Å². The van der Waals surface area contributed by atoms with Gasteiger partial charge in [0.05, 0.1) is 38.6 Å². The van der Waals surface area contributed by atoms with Crippen LogP contribution in [0, 0.1) is 71.0 Å². The van der Waals surface area contributed by atoms with E-state index in [9.17, 15) is 28.8 Å². The van der Waals surface area contributed by atoms with E-state index in [0.29, 0.717) is 37.0 Å². The lowest BCUT2D eigenvalue weighted by Gasteiger charge is -2.59. The fourth-order valence-corrected chi connectivity index (χ4v) is 17.2. The number of ether oxygens (including phenoxy) is 11. The van der Waals surface area contributed by atoms with Gasteiger partial charge in [-0.15, -0.1) is 0 Å². The van der Waals surface area contributed by atoms with Crippen LogP contribution in [-0.4, -0.2) is 127 Å². The summed E-state index contributed by atoms with van der Waals surface area (Å²) >= 11 is 0. The SMILES string of the molecule is C[C@H]1[C@H](OC(=O)CCC(=O)NCC(COC(=O)CCC(=O)O[C@@H]2O[C@@H]3O[C@]4(C)CC[C@H]5[C@H](C)CC[C@@H]([C@H]2C)[C@@]35OO4)OC(=O)CCC(=O)O[C@@H]2O[C@@H]3O[C@@]4(C)CC[C@H]5[C@H](C)CC[C@@H]([C@H]2C)[C@@]35OO4)O[C@@H]2O[C@@]3(C)CC[C@H]4[C@H](C)CC[C@@H]1[C@@]24OO3. The van der Waals surface area contributed by atoms with E-state index in [2.05, 4.69) is 26.1 Å². The molecule has 12 aliphatic heterocycles. The van der Waals surface area contributed by atoms with Crippen LogP contribution in [-0.2, 0) is 110 Å². The van der Waals surface area contributed by atoms with E-state index in [4.69, 9.17) is 81.4 Å². The monoisotopic (exact) mass is 1190 g/mol. The molecule has 3 aliphatic carbocycles. The third kappa shape index (κ3) is 10.8. The van der Waals surface area contributed by atoms with E-state index in [1.165, 1.54) is 0 Å². The highest BCUT2D eigenvalue weighted by Gasteiger charge is 2.73. The normalized spacial score (nSPS) is 47.8. The van der Waals surface area contributed by atoms with Crippen LogP contribution in [0.4, 0.5) is 0 Å². The molecule has 0 radical (unpaired) electrons. The molecule has 1 N–H and O–H groups in total. The highest BCUT2D eigenvalue weighted by molar-refractivity contribution is 5.81. The molecule has 6 bridgehead atoms. The maximum atomic E-state index is 13.5. The second-order valence-corrected chi connectivity index (χ2v) is 27.4. The molecule has 470 valence electrons. The van der Waals surface area contributed by atoms with Gasteiger partial charge >= 0.3 is 29.8 Å². The number of carbonyl (C=O) groups is 6. The summed E-state index contributed by atoms with van der Waals surface area (Å²) < 4.78 is 67.3. The predicted octanol–water partition coefficient (Wildman–Crippen LogP) is 7.15. The molecule has 0 aromatic carbocycles. The lowest BCUT2D eigenvalue weighted by atomic mass is 9.58. The molecule has 1 amide bonds. The molecular formula is C60H87NO23. The van der Waals surface area contributed by atoms with Gasteiger partial charge in [0, 0.05) is 61.2 Å². The number of hydrogen-bond donors (Lipinski definition) is 1. The van der Waals surface area contributed by atoms with Gasteiger partial charge in [-0.1, -0.05) is 41.5 Å². The number of esters is 5. The zero-order valence-corrected chi connectivity index (χ0v) is 50.0. The van der Waals surface area contributed by atoms with E-state index in [-0.39, 0.29) is 85.5 Å². The summed E-state index contributed by atoms with van der Waals surface area (Å²) in [5.41, 5.74) is -2.56. The van der Waals surface area contributed by atoms with Gasteiger partial charge in [-0.05, 0) is 114 Å². The van der Waals surface area contributed by atoms with Crippen LogP contribution in [0.3, 0.4) is 0 Å². The zero-order valence-electron chi connectivity index (χ0n) is 50.0. The first-order chi connectivity index (χ1) is 40.0. The van der Waals surface area contributed by atoms with Crippen molar-refractivity contribution in [2.24, 2.45) is 71.0 Å². The number of rotatable bonds is 17. The van der Waals surface area contributed by atoms with Crippen molar-refractivity contribution in [2.45, 2.75) is 256 Å². The smallest absolute Gasteiger partial charge is 0.308 e. The molecule has 24 heteroatoms. The van der Waals surface area contributed by atoms with Crippen molar-refractivity contribution in [3.05, 3.63) is 0 Å². The van der Waals surface area contributed by atoms with E-state index >= 15 is 0 Å². The molecular weight excluding hydrogens is 1100 g/mol. The Hall–Kier alpha value is -3.66. The van der Waals surface area contributed by atoms with Gasteiger partial charge in [0.25, 0.3) is 0 Å². The summed E-state index contributed by atoms with van der Waals surface area (Å²) in [5.74, 6) is -7.15. The second kappa shape index (κ2) is 23.1. The summed E-state index contributed by atoms with van der Waals surface area (Å²) in [5, 5.41) is 2.66. The predicted molar refractivity (Wildman–Crippen MR) is 280 cm³/mol. The molecule has 24 nitrogen and oxygen atoms in total. The summed E-state index contributed by atoms with van der Waals surface area (Å²) in [6.07, 6.45) is 0.762. The summed E-state index contributed by atoms with van der Waals surface area (Å²) in [6, 6.07) is 0. The third-order valence-electron chi connectivity index (χ3n) is 21.9. The highest BCUT2D eigenvalue weighted by atomic mass is 17.3. The third-order valence-corrected chi connectivity index (χ3v) is 21.9. The molecule has 15 fully saturated rings. The van der Waals surface area contributed by atoms with Gasteiger partial charge < -0.3 is 57.4 Å². The Balaban J connectivity index is 0.644. The molecule has 15 rings (SSSR count). The standard InChI is InChI=1S/C60H87NO23/c1-30-10-13-40-33(4)49(73-52-58(40)37(30)22-25-55(7,76-52)79-82-58)70-46(65)17-16-43(62)61-28-36(69-45(64)20-21-48(67)72-51-35(6)42-15-12-32(3)39-24-27-57(9)78-54(75-51)60(39,42)84-81-57)29-68-44(63)18-19-47(66)71-50-34(5)41-14-11-31(2)38-23-26-56(8)77-53(74-50)59(38,41)83-80-56/h30-42,49-54H,10-29H2,1-9H3,(H,61,62)/t30-,31-,32-,33-,34-,35-,36?,37+,38+,39+,40+,41+,42+,49-,50-,51-,52-,53-,54-,55-,56+,57-,58-,59-,60-/m1/s1. The maximum Gasteiger partial charge on any atom is 0.308 e. The lowest BCUT2D eigenvalue weighted by Crippen LogP contribution is -2.70. The minimum atomic E-state index is -1.26. The van der Waals surface area contributed by atoms with Crippen molar-refractivity contribution >= 4 is 35.8 Å². The fourth-order valence-electron chi connectivity index (χ4n) is 17.2. The van der Waals surface area contributed by atoms with Crippen molar-refractivity contribution in [2.75, 3.05) is 13.2 Å². The van der Waals surface area contributed by atoms with Crippen molar-refractivity contribution in [1.29, 1.82) is 0 Å². The van der Waals surface area contributed by atoms with Gasteiger partial charge in [0.1, 0.15) is 6.61 Å². The van der Waals surface area contributed by atoms with Crippen molar-refractivity contribution in [3.63, 3.8) is 0 Å². The van der Waals surface area contributed by atoms with E-state index in [0.717, 1.165) is 57.8 Å². The van der Waals surface area contributed by atoms with Gasteiger partial charge in [0.15, 0.2) is 41.8 Å². The molecule has 84 heavy (non-hydrogen) atoms. The molecule has 15 aliphatic rings. The average Bonchev–Trinajstić information content (AvgIpc) is 1.38. The van der Waals surface area contributed by atoms with Crippen LogP contribution in [0.1, 0.15) is 178 Å². The van der Waals surface area contributed by atoms with E-state index < -0.39 is 133 Å². The first kappa shape index (κ1) is 60.6. The average molecular weight is 1190 g/mol. The molecule has 12 heterocycles. The zero-order chi connectivity index (χ0) is 59.3.